The van der Waals surface area contributed by atoms with Crippen LogP contribution >= 0.6 is 0 Å². The highest BCUT2D eigenvalue weighted by Gasteiger charge is 2.26. The van der Waals surface area contributed by atoms with Crippen LogP contribution in [0, 0.1) is 5.82 Å². The van der Waals surface area contributed by atoms with Gasteiger partial charge in [0.1, 0.15) is 11.6 Å². The third-order valence-electron chi connectivity index (χ3n) is 5.40. The summed E-state index contributed by atoms with van der Waals surface area (Å²) >= 11 is 0. The molecule has 6 nitrogen and oxygen atoms in total. The van der Waals surface area contributed by atoms with E-state index in [9.17, 15) is 14.0 Å². The maximum atomic E-state index is 13.4. The number of nitrogens with one attached hydrogen (secondary N) is 1. The maximum absolute atomic E-state index is 13.4. The van der Waals surface area contributed by atoms with E-state index in [2.05, 4.69) is 10.2 Å². The molecule has 2 aliphatic heterocycles. The lowest BCUT2D eigenvalue weighted by Crippen LogP contribution is -2.46. The number of halogens is 1. The van der Waals surface area contributed by atoms with Gasteiger partial charge < -0.3 is 19.9 Å². The number of rotatable bonds is 5. The Morgan fingerprint density at radius 2 is 1.93 bits per heavy atom. The molecule has 1 saturated heterocycles. The second-order valence-corrected chi connectivity index (χ2v) is 7.36. The zero-order valence-electron chi connectivity index (χ0n) is 16.1. The number of benzene rings is 2. The summed E-state index contributed by atoms with van der Waals surface area (Å²) in [6.45, 7) is 1.86. The predicted molar refractivity (Wildman–Crippen MR) is 109 cm³/mol. The van der Waals surface area contributed by atoms with Crippen LogP contribution in [0.25, 0.3) is 0 Å². The van der Waals surface area contributed by atoms with Gasteiger partial charge in [-0.25, -0.2) is 4.39 Å². The third-order valence-corrected chi connectivity index (χ3v) is 5.40. The average molecular weight is 397 g/mol. The predicted octanol–water partition coefficient (Wildman–Crippen LogP) is 2.73. The molecular formula is C22H24FN3O3. The van der Waals surface area contributed by atoms with Crippen LogP contribution in [-0.4, -0.2) is 44.1 Å². The number of para-hydroxylation sites is 2. The number of hydrogen-bond donors (Lipinski definition) is 1. The lowest BCUT2D eigenvalue weighted by atomic mass is 10.0. The van der Waals surface area contributed by atoms with E-state index in [1.54, 1.807) is 11.0 Å². The molecule has 2 amide bonds. The molecule has 0 aromatic heterocycles. The maximum Gasteiger partial charge on any atom is 0.265 e. The molecule has 2 aromatic rings. The van der Waals surface area contributed by atoms with Crippen molar-refractivity contribution in [2.45, 2.75) is 25.3 Å². The molecule has 1 fully saturated rings. The molecule has 2 aromatic carbocycles. The first-order valence-corrected chi connectivity index (χ1v) is 9.92. The lowest BCUT2D eigenvalue weighted by molar-refractivity contribution is -0.122. The summed E-state index contributed by atoms with van der Waals surface area (Å²) in [7, 11) is 0. The normalized spacial score (nSPS) is 16.9. The van der Waals surface area contributed by atoms with Crippen LogP contribution in [0.5, 0.6) is 5.75 Å². The number of piperidine rings is 1. The molecule has 0 unspecified atom stereocenters. The summed E-state index contributed by atoms with van der Waals surface area (Å²) in [4.78, 5) is 28.4. The Balaban J connectivity index is 1.26. The molecule has 0 aliphatic carbocycles. The van der Waals surface area contributed by atoms with E-state index in [0.717, 1.165) is 31.6 Å². The molecule has 0 atom stereocenters. The van der Waals surface area contributed by atoms with Gasteiger partial charge >= 0.3 is 0 Å². The van der Waals surface area contributed by atoms with Gasteiger partial charge in [0.15, 0.2) is 6.61 Å². The second kappa shape index (κ2) is 8.51. The molecule has 1 N–H and O–H groups in total. The van der Waals surface area contributed by atoms with Crippen molar-refractivity contribution in [2.24, 2.45) is 0 Å². The van der Waals surface area contributed by atoms with Crippen LogP contribution in [0.4, 0.5) is 15.8 Å². The van der Waals surface area contributed by atoms with Gasteiger partial charge in [-0.1, -0.05) is 18.2 Å². The first-order valence-electron chi connectivity index (χ1n) is 9.92. The minimum atomic E-state index is -0.239. The van der Waals surface area contributed by atoms with Crippen LogP contribution in [0.3, 0.4) is 0 Å². The molecule has 152 valence electrons. The largest absolute Gasteiger partial charge is 0.482 e. The summed E-state index contributed by atoms with van der Waals surface area (Å²) in [6, 6.07) is 14.0. The molecule has 0 bridgehead atoms. The number of anilines is 2. The Bertz CT molecular complexity index is 896. The van der Waals surface area contributed by atoms with E-state index >= 15 is 0 Å². The zero-order chi connectivity index (χ0) is 20.2. The minimum absolute atomic E-state index is 0.00281. The van der Waals surface area contributed by atoms with Crippen molar-refractivity contribution in [3.8, 4) is 5.75 Å². The van der Waals surface area contributed by atoms with E-state index in [0.29, 0.717) is 18.0 Å². The summed E-state index contributed by atoms with van der Waals surface area (Å²) < 4.78 is 18.8. The number of carbonyl (C=O) groups is 2. The van der Waals surface area contributed by atoms with Crippen LogP contribution in [-0.2, 0) is 9.59 Å². The summed E-state index contributed by atoms with van der Waals surface area (Å²) in [5.41, 5.74) is 1.58. The number of carbonyl (C=O) groups excluding carboxylic acids is 2. The molecular weight excluding hydrogens is 373 g/mol. The summed E-state index contributed by atoms with van der Waals surface area (Å²) in [5.74, 6) is 0.222. The van der Waals surface area contributed by atoms with E-state index < -0.39 is 0 Å². The van der Waals surface area contributed by atoms with Gasteiger partial charge in [0, 0.05) is 37.8 Å². The number of hydrogen-bond acceptors (Lipinski definition) is 4. The van der Waals surface area contributed by atoms with Crippen molar-refractivity contribution in [3.63, 3.8) is 0 Å². The first kappa shape index (κ1) is 19.2. The van der Waals surface area contributed by atoms with Crippen molar-refractivity contribution in [1.29, 1.82) is 0 Å². The molecule has 0 radical (unpaired) electrons. The van der Waals surface area contributed by atoms with Crippen molar-refractivity contribution in [2.75, 3.05) is 36.0 Å². The highest BCUT2D eigenvalue weighted by molar-refractivity contribution is 5.98. The van der Waals surface area contributed by atoms with E-state index in [1.165, 1.54) is 12.1 Å². The topological polar surface area (TPSA) is 61.9 Å². The van der Waals surface area contributed by atoms with Gasteiger partial charge in [-0.3, -0.25) is 9.59 Å². The van der Waals surface area contributed by atoms with Crippen LogP contribution < -0.4 is 19.9 Å². The summed E-state index contributed by atoms with van der Waals surface area (Å²) in [5, 5.41) is 3.07. The summed E-state index contributed by atoms with van der Waals surface area (Å²) in [6.07, 6.45) is 1.85. The van der Waals surface area contributed by atoms with Gasteiger partial charge in [0.2, 0.25) is 5.91 Å². The highest BCUT2D eigenvalue weighted by Crippen LogP contribution is 2.31. The third kappa shape index (κ3) is 4.50. The standard InChI is InChI=1S/C22H24FN3O3/c23-16-4-3-5-18(14-16)25-11-8-17(9-12-25)24-21(27)10-13-26-19-6-1-2-7-20(19)29-15-22(26)28/h1-7,14,17H,8-13,15H2,(H,24,27). The number of amides is 2. The lowest BCUT2D eigenvalue weighted by Gasteiger charge is -2.34. The van der Waals surface area contributed by atoms with E-state index in [4.69, 9.17) is 4.74 Å². The van der Waals surface area contributed by atoms with Gasteiger partial charge in [-0.15, -0.1) is 0 Å². The van der Waals surface area contributed by atoms with E-state index in [-0.39, 0.29) is 36.7 Å². The molecule has 29 heavy (non-hydrogen) atoms. The van der Waals surface area contributed by atoms with Crippen LogP contribution in [0.1, 0.15) is 19.3 Å². The molecule has 0 saturated carbocycles. The van der Waals surface area contributed by atoms with Gasteiger partial charge in [0.25, 0.3) is 5.91 Å². The SMILES string of the molecule is O=C(CCN1C(=O)COc2ccccc21)NC1CCN(c2cccc(F)c2)CC1. The Morgan fingerprint density at radius 3 is 2.72 bits per heavy atom. The van der Waals surface area contributed by atoms with Crippen LogP contribution in [0.15, 0.2) is 48.5 Å². The quantitative estimate of drug-likeness (QED) is 0.843. The number of ether oxygens (including phenoxy) is 1. The van der Waals surface area contributed by atoms with Gasteiger partial charge in [-0.2, -0.15) is 0 Å². The fraction of sp³-hybridized carbons (Fsp3) is 0.364. The average Bonchev–Trinajstić information content (AvgIpc) is 2.73. The Hall–Kier alpha value is -3.09. The Morgan fingerprint density at radius 1 is 1.14 bits per heavy atom. The zero-order valence-corrected chi connectivity index (χ0v) is 16.1. The highest BCUT2D eigenvalue weighted by atomic mass is 19.1. The number of fused-ring (bicyclic) bond motifs is 1. The Kier molecular flexibility index (Phi) is 5.64. The fourth-order valence-electron chi connectivity index (χ4n) is 3.87. The van der Waals surface area contributed by atoms with Crippen molar-refractivity contribution in [1.82, 2.24) is 5.32 Å². The molecule has 0 spiro atoms. The van der Waals surface area contributed by atoms with E-state index in [1.807, 2.05) is 30.3 Å². The first-order chi connectivity index (χ1) is 14.1. The van der Waals surface area contributed by atoms with Gasteiger partial charge in [0.05, 0.1) is 5.69 Å². The van der Waals surface area contributed by atoms with Crippen molar-refractivity contribution in [3.05, 3.63) is 54.3 Å². The molecule has 2 aliphatic rings. The van der Waals surface area contributed by atoms with Gasteiger partial charge in [-0.05, 0) is 43.2 Å². The number of nitrogens with zero attached hydrogens (tertiary/aromatic N) is 2. The van der Waals surface area contributed by atoms with Crippen LogP contribution in [0.2, 0.25) is 0 Å². The minimum Gasteiger partial charge on any atom is -0.482 e. The molecule has 7 heteroatoms. The molecule has 4 rings (SSSR count). The van der Waals surface area contributed by atoms with Crippen molar-refractivity contribution < 1.29 is 18.7 Å². The fourth-order valence-corrected chi connectivity index (χ4v) is 3.87. The van der Waals surface area contributed by atoms with Crippen molar-refractivity contribution >= 4 is 23.2 Å². The second-order valence-electron chi connectivity index (χ2n) is 7.36. The monoisotopic (exact) mass is 397 g/mol. The Labute approximate surface area is 169 Å². The molecule has 2 heterocycles. The smallest absolute Gasteiger partial charge is 0.265 e.